The molecule has 0 bridgehead atoms. The summed E-state index contributed by atoms with van der Waals surface area (Å²) in [5.41, 5.74) is 1.02. The Morgan fingerprint density at radius 3 is 2.59 bits per heavy atom. The normalized spacial score (nSPS) is 21.1. The van der Waals surface area contributed by atoms with Gasteiger partial charge >= 0.3 is 12.1 Å². The number of hydrogen-bond donors (Lipinski definition) is 0. The molecule has 2 aromatic rings. The number of allylic oxidation sites excluding steroid dienone is 2. The molecule has 0 N–H and O–H groups in total. The highest BCUT2D eigenvalue weighted by Crippen LogP contribution is 2.60. The molecule has 156 valence electrons. The largest absolute Gasteiger partial charge is 0.461 e. The van der Waals surface area contributed by atoms with Gasteiger partial charge < -0.3 is 4.74 Å². The van der Waals surface area contributed by atoms with E-state index in [0.717, 1.165) is 16.5 Å². The van der Waals surface area contributed by atoms with Crippen LogP contribution in [0.1, 0.15) is 25.0 Å². The number of esters is 1. The molecule has 1 fully saturated rings. The van der Waals surface area contributed by atoms with Crippen molar-refractivity contribution in [2.45, 2.75) is 33.3 Å². The number of benzene rings is 1. The van der Waals surface area contributed by atoms with E-state index in [4.69, 9.17) is 16.3 Å². The summed E-state index contributed by atoms with van der Waals surface area (Å²) in [7, 11) is 0. The quantitative estimate of drug-likeness (QED) is 0.357. The predicted molar refractivity (Wildman–Crippen MR) is 105 cm³/mol. The van der Waals surface area contributed by atoms with Gasteiger partial charge in [-0.05, 0) is 39.5 Å². The van der Waals surface area contributed by atoms with Gasteiger partial charge in [-0.1, -0.05) is 55.8 Å². The fourth-order valence-corrected chi connectivity index (χ4v) is 4.43. The van der Waals surface area contributed by atoms with Gasteiger partial charge in [0, 0.05) is 4.88 Å². The van der Waals surface area contributed by atoms with E-state index in [2.05, 4.69) is 0 Å². The highest BCUT2D eigenvalue weighted by molar-refractivity contribution is 7.13. The summed E-state index contributed by atoms with van der Waals surface area (Å²) in [4.78, 5) is 13.4. The first-order chi connectivity index (χ1) is 13.6. The maximum absolute atomic E-state index is 13.7. The van der Waals surface area contributed by atoms with Crippen LogP contribution in [0.15, 0.2) is 46.8 Å². The molecule has 3 rings (SSSR count). The summed E-state index contributed by atoms with van der Waals surface area (Å²) in [6.45, 7) is 2.51. The molecule has 2 atom stereocenters. The van der Waals surface area contributed by atoms with Gasteiger partial charge in [-0.25, -0.2) is 4.39 Å². The van der Waals surface area contributed by atoms with Crippen LogP contribution < -0.4 is 0 Å². The molecule has 0 radical (unpaired) electrons. The van der Waals surface area contributed by atoms with Crippen molar-refractivity contribution in [3.63, 3.8) is 0 Å². The van der Waals surface area contributed by atoms with Crippen molar-refractivity contribution in [1.82, 2.24) is 0 Å². The number of thiophene rings is 1. The first-order valence-corrected chi connectivity index (χ1v) is 10.1. The lowest BCUT2D eigenvalue weighted by molar-refractivity contribution is -0.147. The van der Waals surface area contributed by atoms with Gasteiger partial charge in [0.2, 0.25) is 0 Å². The van der Waals surface area contributed by atoms with Crippen molar-refractivity contribution in [3.8, 4) is 10.4 Å². The van der Waals surface area contributed by atoms with Gasteiger partial charge in [0.1, 0.15) is 18.3 Å². The minimum atomic E-state index is -4.65. The summed E-state index contributed by atoms with van der Waals surface area (Å²) < 4.78 is 57.1. The van der Waals surface area contributed by atoms with Crippen LogP contribution in [-0.4, -0.2) is 12.1 Å². The molecule has 0 aliphatic heterocycles. The van der Waals surface area contributed by atoms with Gasteiger partial charge in [0.05, 0.1) is 5.92 Å². The zero-order valence-electron chi connectivity index (χ0n) is 15.7. The second-order valence-electron chi connectivity index (χ2n) is 7.50. The first-order valence-electron chi connectivity index (χ1n) is 8.89. The number of rotatable bonds is 6. The van der Waals surface area contributed by atoms with Crippen LogP contribution in [0.2, 0.25) is 0 Å². The van der Waals surface area contributed by atoms with Gasteiger partial charge in [-0.3, -0.25) is 4.79 Å². The van der Waals surface area contributed by atoms with Crippen LogP contribution in [0.4, 0.5) is 17.6 Å². The molecule has 0 spiro atoms. The van der Waals surface area contributed by atoms with E-state index in [-0.39, 0.29) is 6.61 Å². The Labute approximate surface area is 175 Å². The van der Waals surface area contributed by atoms with Crippen LogP contribution in [0.5, 0.6) is 0 Å². The Balaban J connectivity index is 1.73. The second-order valence-corrected chi connectivity index (χ2v) is 8.85. The van der Waals surface area contributed by atoms with E-state index >= 15 is 0 Å². The summed E-state index contributed by atoms with van der Waals surface area (Å²) in [6.07, 6.45) is -3.77. The van der Waals surface area contributed by atoms with E-state index in [1.807, 2.05) is 17.5 Å². The standard InChI is InChI=1S/C21H19ClF4O2S/c1-20(2)15(9-17(22)21(24,25)26)18(20)19(27)28-11-12-5-3-6-13(14(12)10-23)16-7-4-8-29-16/h3-9,15,18H,10-11H2,1-2H3. The maximum atomic E-state index is 13.7. The maximum Gasteiger partial charge on any atom is 0.426 e. The summed E-state index contributed by atoms with van der Waals surface area (Å²) >= 11 is 6.79. The summed E-state index contributed by atoms with van der Waals surface area (Å²) in [5, 5.41) is 0.646. The molecule has 0 saturated heterocycles. The third-order valence-corrected chi connectivity index (χ3v) is 6.57. The average Bonchev–Trinajstić information content (AvgIpc) is 3.02. The molecule has 29 heavy (non-hydrogen) atoms. The molecule has 1 saturated carbocycles. The SMILES string of the molecule is CC1(C)C(C=C(Cl)C(F)(F)F)C1C(=O)OCc1cccc(-c2cccs2)c1CF. The second kappa shape index (κ2) is 8.11. The number of carbonyl (C=O) groups is 1. The van der Waals surface area contributed by atoms with E-state index < -0.39 is 41.1 Å². The fourth-order valence-electron chi connectivity index (χ4n) is 3.52. The van der Waals surface area contributed by atoms with Crippen molar-refractivity contribution in [2.75, 3.05) is 0 Å². The number of ether oxygens (including phenoxy) is 1. The molecular weight excluding hydrogens is 428 g/mol. The van der Waals surface area contributed by atoms with Crippen molar-refractivity contribution >= 4 is 28.9 Å². The zero-order valence-corrected chi connectivity index (χ0v) is 17.3. The van der Waals surface area contributed by atoms with E-state index in [0.29, 0.717) is 11.1 Å². The first kappa shape index (κ1) is 21.8. The van der Waals surface area contributed by atoms with Crippen LogP contribution in [0.3, 0.4) is 0 Å². The minimum absolute atomic E-state index is 0.146. The van der Waals surface area contributed by atoms with E-state index in [1.54, 1.807) is 32.0 Å². The Hall–Kier alpha value is -1.86. The number of alkyl halides is 4. The molecule has 8 heteroatoms. The van der Waals surface area contributed by atoms with Gasteiger partial charge in [0.25, 0.3) is 0 Å². The van der Waals surface area contributed by atoms with Crippen LogP contribution in [-0.2, 0) is 22.8 Å². The van der Waals surface area contributed by atoms with Gasteiger partial charge in [-0.2, -0.15) is 13.2 Å². The molecule has 1 aromatic carbocycles. The van der Waals surface area contributed by atoms with Crippen molar-refractivity contribution in [2.24, 2.45) is 17.3 Å². The molecule has 1 heterocycles. The average molecular weight is 447 g/mol. The van der Waals surface area contributed by atoms with E-state index in [1.165, 1.54) is 11.3 Å². The Morgan fingerprint density at radius 1 is 1.28 bits per heavy atom. The minimum Gasteiger partial charge on any atom is -0.461 e. The molecule has 1 aromatic heterocycles. The third kappa shape index (κ3) is 4.51. The van der Waals surface area contributed by atoms with Gasteiger partial charge in [-0.15, -0.1) is 11.3 Å². The topological polar surface area (TPSA) is 26.3 Å². The van der Waals surface area contributed by atoms with Crippen LogP contribution in [0.25, 0.3) is 10.4 Å². The highest BCUT2D eigenvalue weighted by atomic mass is 35.5. The number of hydrogen-bond acceptors (Lipinski definition) is 3. The molecule has 0 amide bonds. The van der Waals surface area contributed by atoms with Crippen molar-refractivity contribution < 1.29 is 27.1 Å². The Morgan fingerprint density at radius 2 is 2.00 bits per heavy atom. The lowest BCUT2D eigenvalue weighted by atomic mass is 10.0. The smallest absolute Gasteiger partial charge is 0.426 e. The monoisotopic (exact) mass is 446 g/mol. The lowest BCUT2D eigenvalue weighted by Crippen LogP contribution is -2.12. The molecule has 2 nitrogen and oxygen atoms in total. The fraction of sp³-hybridized carbons (Fsp3) is 0.381. The molecular formula is C21H19ClF4O2S. The number of halogens is 5. The van der Waals surface area contributed by atoms with Gasteiger partial charge in [0.15, 0.2) is 0 Å². The Kier molecular flexibility index (Phi) is 6.11. The lowest BCUT2D eigenvalue weighted by Gasteiger charge is -2.12. The zero-order chi connectivity index (χ0) is 21.4. The third-order valence-electron chi connectivity index (χ3n) is 5.32. The Bertz CT molecular complexity index is 919. The van der Waals surface area contributed by atoms with Crippen molar-refractivity contribution in [3.05, 3.63) is 57.9 Å². The van der Waals surface area contributed by atoms with Crippen molar-refractivity contribution in [1.29, 1.82) is 0 Å². The van der Waals surface area contributed by atoms with Crippen LogP contribution in [0, 0.1) is 17.3 Å². The molecule has 1 aliphatic rings. The highest BCUT2D eigenvalue weighted by Gasteiger charge is 2.62. The number of carbonyl (C=O) groups excluding carboxylic acids is 1. The summed E-state index contributed by atoms with van der Waals surface area (Å²) in [6, 6.07) is 8.98. The van der Waals surface area contributed by atoms with Crippen LogP contribution >= 0.6 is 22.9 Å². The van der Waals surface area contributed by atoms with E-state index in [9.17, 15) is 22.4 Å². The molecule has 2 unspecified atom stereocenters. The predicted octanol–water partition coefficient (Wildman–Crippen LogP) is 6.89. The molecule has 1 aliphatic carbocycles. The summed E-state index contributed by atoms with van der Waals surface area (Å²) in [5.74, 6) is -2.01.